The molecule has 1 aliphatic carbocycles. The van der Waals surface area contributed by atoms with E-state index in [0.717, 1.165) is 66.3 Å². The zero-order valence-electron chi connectivity index (χ0n) is 16.8. The van der Waals surface area contributed by atoms with Crippen LogP contribution in [0.5, 0.6) is 5.88 Å². The van der Waals surface area contributed by atoms with Crippen molar-refractivity contribution in [2.75, 3.05) is 26.2 Å². The van der Waals surface area contributed by atoms with Crippen LogP contribution in [-0.2, 0) is 12.8 Å². The number of hydrogen-bond acceptors (Lipinski definition) is 4. The average Bonchev–Trinajstić information content (AvgIpc) is 2.73. The molecule has 0 saturated carbocycles. The molecule has 1 saturated heterocycles. The van der Waals surface area contributed by atoms with Crippen LogP contribution in [0.3, 0.4) is 0 Å². The Labute approximate surface area is 173 Å². The summed E-state index contributed by atoms with van der Waals surface area (Å²) in [4.78, 5) is 12.2. The third kappa shape index (κ3) is 4.84. The number of benzene rings is 1. The van der Waals surface area contributed by atoms with Crippen LogP contribution in [0.25, 0.3) is 11.4 Å². The van der Waals surface area contributed by atoms with E-state index in [0.29, 0.717) is 0 Å². The Kier molecular flexibility index (Phi) is 6.48. The predicted molar refractivity (Wildman–Crippen MR) is 114 cm³/mol. The molecule has 0 N–H and O–H groups in total. The van der Waals surface area contributed by atoms with Crippen molar-refractivity contribution in [3.8, 4) is 17.3 Å². The highest BCUT2D eigenvalue weighted by atomic mass is 35.5. The number of piperidine rings is 1. The van der Waals surface area contributed by atoms with Crippen molar-refractivity contribution < 1.29 is 4.74 Å². The summed E-state index contributed by atoms with van der Waals surface area (Å²) in [5, 5.41) is 0.727. The first-order valence-electron chi connectivity index (χ1n) is 10.7. The van der Waals surface area contributed by atoms with Gasteiger partial charge in [-0.25, -0.2) is 4.98 Å². The van der Waals surface area contributed by atoms with Gasteiger partial charge in [0.1, 0.15) is 0 Å². The smallest absolute Gasteiger partial charge is 0.220 e. The van der Waals surface area contributed by atoms with Crippen molar-refractivity contribution in [3.63, 3.8) is 0 Å². The fraction of sp³-hybridized carbons (Fsp3) is 0.565. The number of ether oxygens (including phenoxy) is 1. The molecular weight excluding hydrogens is 370 g/mol. The monoisotopic (exact) mass is 399 g/mol. The van der Waals surface area contributed by atoms with Crippen LogP contribution in [0.1, 0.15) is 50.3 Å². The van der Waals surface area contributed by atoms with Crippen molar-refractivity contribution in [3.05, 3.63) is 40.5 Å². The van der Waals surface area contributed by atoms with Gasteiger partial charge in [0, 0.05) is 22.7 Å². The Morgan fingerprint density at radius 3 is 2.61 bits per heavy atom. The lowest BCUT2D eigenvalue weighted by Crippen LogP contribution is -2.34. The van der Waals surface area contributed by atoms with Crippen LogP contribution >= 0.6 is 11.6 Å². The molecule has 5 heteroatoms. The van der Waals surface area contributed by atoms with Crippen molar-refractivity contribution in [2.45, 2.75) is 51.9 Å². The fourth-order valence-corrected chi connectivity index (χ4v) is 4.28. The van der Waals surface area contributed by atoms with E-state index in [1.54, 1.807) is 0 Å². The van der Waals surface area contributed by atoms with Gasteiger partial charge in [0.2, 0.25) is 5.88 Å². The molecule has 4 nitrogen and oxygen atoms in total. The quantitative estimate of drug-likeness (QED) is 0.627. The molecule has 1 aromatic heterocycles. The van der Waals surface area contributed by atoms with Gasteiger partial charge in [-0.2, -0.15) is 4.98 Å². The van der Waals surface area contributed by atoms with Crippen LogP contribution in [0, 0.1) is 5.92 Å². The maximum atomic E-state index is 6.20. The second-order valence-corrected chi connectivity index (χ2v) is 8.65. The molecule has 0 spiro atoms. The molecular formula is C23H30ClN3O. The van der Waals surface area contributed by atoms with Crippen LogP contribution in [-0.4, -0.2) is 41.1 Å². The lowest BCUT2D eigenvalue weighted by Gasteiger charge is -2.30. The number of nitrogens with zero attached hydrogens (tertiary/aromatic N) is 3. The van der Waals surface area contributed by atoms with Crippen molar-refractivity contribution in [1.29, 1.82) is 0 Å². The number of likely N-dealkylation sites (tertiary alicyclic amines) is 1. The van der Waals surface area contributed by atoms with E-state index in [2.05, 4.69) is 11.8 Å². The van der Waals surface area contributed by atoms with Gasteiger partial charge in [-0.1, -0.05) is 18.5 Å². The fourth-order valence-electron chi connectivity index (χ4n) is 4.15. The minimum Gasteiger partial charge on any atom is -0.477 e. The van der Waals surface area contributed by atoms with Gasteiger partial charge in [0.15, 0.2) is 5.82 Å². The van der Waals surface area contributed by atoms with E-state index in [-0.39, 0.29) is 0 Å². The topological polar surface area (TPSA) is 38.2 Å². The molecule has 150 valence electrons. The lowest BCUT2D eigenvalue weighted by atomic mass is 9.96. The lowest BCUT2D eigenvalue weighted by molar-refractivity contribution is 0.176. The number of aryl methyl sites for hydroxylation is 1. The van der Waals surface area contributed by atoms with E-state index in [1.807, 2.05) is 24.3 Å². The second kappa shape index (κ2) is 9.23. The molecule has 0 unspecified atom stereocenters. The molecule has 28 heavy (non-hydrogen) atoms. The standard InChI is InChI=1S/C23H30ClN3O/c1-17-11-14-27(15-12-17)13-4-16-28-23-20-5-2-3-6-21(20)25-22(26-23)18-7-9-19(24)10-8-18/h7-10,17H,2-6,11-16H2,1H3. The number of hydrogen-bond donors (Lipinski definition) is 0. The predicted octanol–water partition coefficient (Wildman–Crippen LogP) is 5.18. The van der Waals surface area contributed by atoms with Gasteiger partial charge in [0.25, 0.3) is 0 Å². The van der Waals surface area contributed by atoms with Gasteiger partial charge >= 0.3 is 0 Å². The number of fused-ring (bicyclic) bond motifs is 1. The second-order valence-electron chi connectivity index (χ2n) is 8.22. The first kappa shape index (κ1) is 19.7. The van der Waals surface area contributed by atoms with Crippen LogP contribution in [0.2, 0.25) is 5.02 Å². The van der Waals surface area contributed by atoms with E-state index >= 15 is 0 Å². The summed E-state index contributed by atoms with van der Waals surface area (Å²) in [5.41, 5.74) is 3.37. The number of rotatable bonds is 6. The highest BCUT2D eigenvalue weighted by Crippen LogP contribution is 2.30. The molecule has 0 bridgehead atoms. The molecule has 2 aromatic rings. The minimum atomic E-state index is 0.718. The van der Waals surface area contributed by atoms with E-state index in [4.69, 9.17) is 26.3 Å². The summed E-state index contributed by atoms with van der Waals surface area (Å²) >= 11 is 6.03. The molecule has 4 rings (SSSR count). The minimum absolute atomic E-state index is 0.718. The van der Waals surface area contributed by atoms with E-state index < -0.39 is 0 Å². The van der Waals surface area contributed by atoms with Crippen molar-refractivity contribution >= 4 is 11.6 Å². The zero-order chi connectivity index (χ0) is 19.3. The maximum absolute atomic E-state index is 6.20. The first-order valence-corrected chi connectivity index (χ1v) is 11.1. The third-order valence-corrected chi connectivity index (χ3v) is 6.23. The van der Waals surface area contributed by atoms with Gasteiger partial charge in [-0.05, 0) is 88.2 Å². The van der Waals surface area contributed by atoms with Gasteiger partial charge < -0.3 is 9.64 Å². The largest absolute Gasteiger partial charge is 0.477 e. The zero-order valence-corrected chi connectivity index (χ0v) is 17.5. The Bertz CT molecular complexity index is 785. The number of aromatic nitrogens is 2. The Morgan fingerprint density at radius 1 is 1.07 bits per heavy atom. The molecule has 1 aromatic carbocycles. The Morgan fingerprint density at radius 2 is 1.82 bits per heavy atom. The van der Waals surface area contributed by atoms with Gasteiger partial charge in [0.05, 0.1) is 12.3 Å². The summed E-state index contributed by atoms with van der Waals surface area (Å²) in [5.74, 6) is 2.42. The summed E-state index contributed by atoms with van der Waals surface area (Å²) in [6, 6.07) is 7.74. The highest BCUT2D eigenvalue weighted by Gasteiger charge is 2.20. The molecule has 0 atom stereocenters. The number of halogens is 1. The average molecular weight is 400 g/mol. The Hall–Kier alpha value is -1.65. The molecule has 2 aliphatic rings. The molecule has 0 amide bonds. The van der Waals surface area contributed by atoms with Gasteiger partial charge in [-0.3, -0.25) is 0 Å². The van der Waals surface area contributed by atoms with Crippen molar-refractivity contribution in [1.82, 2.24) is 14.9 Å². The normalized spacial score (nSPS) is 18.1. The summed E-state index contributed by atoms with van der Waals surface area (Å²) in [6.45, 7) is 6.64. The van der Waals surface area contributed by atoms with E-state index in [1.165, 1.54) is 44.3 Å². The Balaban J connectivity index is 1.43. The van der Waals surface area contributed by atoms with Crippen LogP contribution in [0.4, 0.5) is 0 Å². The first-order chi connectivity index (χ1) is 13.7. The van der Waals surface area contributed by atoms with Crippen LogP contribution in [0.15, 0.2) is 24.3 Å². The van der Waals surface area contributed by atoms with Crippen molar-refractivity contribution in [2.24, 2.45) is 5.92 Å². The third-order valence-electron chi connectivity index (χ3n) is 5.98. The maximum Gasteiger partial charge on any atom is 0.220 e. The molecule has 1 aliphatic heterocycles. The summed E-state index contributed by atoms with van der Waals surface area (Å²) in [7, 11) is 0. The SMILES string of the molecule is CC1CCN(CCCOc2nc(-c3ccc(Cl)cc3)nc3c2CCCC3)CC1. The molecule has 0 radical (unpaired) electrons. The van der Waals surface area contributed by atoms with E-state index in [9.17, 15) is 0 Å². The molecule has 2 heterocycles. The highest BCUT2D eigenvalue weighted by molar-refractivity contribution is 6.30. The summed E-state index contributed by atoms with van der Waals surface area (Å²) < 4.78 is 6.20. The summed E-state index contributed by atoms with van der Waals surface area (Å²) in [6.07, 6.45) is 8.12. The molecule has 1 fully saturated rings. The van der Waals surface area contributed by atoms with Gasteiger partial charge in [-0.15, -0.1) is 0 Å². The van der Waals surface area contributed by atoms with Crippen LogP contribution < -0.4 is 4.74 Å².